The van der Waals surface area contributed by atoms with Crippen molar-refractivity contribution in [3.05, 3.63) is 35.6 Å². The number of nitrogens with one attached hydrogen (secondary N) is 1. The van der Waals surface area contributed by atoms with Crippen LogP contribution in [0.5, 0.6) is 0 Å². The molecule has 2 saturated carbocycles. The molecule has 7 nitrogen and oxygen atoms in total. The van der Waals surface area contributed by atoms with Gasteiger partial charge >= 0.3 is 0 Å². The molecule has 5 atom stereocenters. The fourth-order valence-corrected chi connectivity index (χ4v) is 4.88. The number of carbonyl (C=O) groups excluding carboxylic acids is 1. The molecular weight excluding hydrogens is 417 g/mol. The van der Waals surface area contributed by atoms with Gasteiger partial charge < -0.3 is 29.7 Å². The van der Waals surface area contributed by atoms with Crippen LogP contribution < -0.4 is 5.32 Å². The van der Waals surface area contributed by atoms with Crippen LogP contribution in [-0.4, -0.2) is 59.2 Å². The Bertz CT molecular complexity index is 788. The first-order chi connectivity index (χ1) is 15.2. The minimum atomic E-state index is -1.44. The molecule has 1 amide bonds. The topological polar surface area (TPSA) is 97.3 Å². The van der Waals surface area contributed by atoms with Crippen molar-refractivity contribution in [1.82, 2.24) is 5.32 Å². The van der Waals surface area contributed by atoms with E-state index in [0.717, 1.165) is 5.41 Å². The van der Waals surface area contributed by atoms with Crippen molar-refractivity contribution in [2.75, 3.05) is 6.61 Å². The molecule has 2 heterocycles. The van der Waals surface area contributed by atoms with Gasteiger partial charge in [-0.1, -0.05) is 19.3 Å². The molecule has 0 aromatic heterocycles. The van der Waals surface area contributed by atoms with Crippen LogP contribution in [0, 0.1) is 11.2 Å². The maximum atomic E-state index is 13.0. The summed E-state index contributed by atoms with van der Waals surface area (Å²) >= 11 is 0. The van der Waals surface area contributed by atoms with E-state index in [2.05, 4.69) is 5.32 Å². The van der Waals surface area contributed by atoms with Gasteiger partial charge in [0.05, 0.1) is 12.6 Å². The summed E-state index contributed by atoms with van der Waals surface area (Å²) in [6.07, 6.45) is 6.74. The number of ether oxygens (including phenoxy) is 3. The van der Waals surface area contributed by atoms with Gasteiger partial charge in [0.25, 0.3) is 5.91 Å². The number of aliphatic hydroxyl groups excluding tert-OH is 2. The second-order valence-corrected chi connectivity index (χ2v) is 9.92. The van der Waals surface area contributed by atoms with Gasteiger partial charge in [-0.05, 0) is 69.2 Å². The van der Waals surface area contributed by atoms with Crippen LogP contribution in [0.1, 0.15) is 69.2 Å². The van der Waals surface area contributed by atoms with Crippen LogP contribution in [0.4, 0.5) is 4.39 Å². The Morgan fingerprint density at radius 2 is 1.72 bits per heavy atom. The Morgan fingerprint density at radius 3 is 2.25 bits per heavy atom. The van der Waals surface area contributed by atoms with E-state index >= 15 is 0 Å². The zero-order chi connectivity index (χ0) is 22.9. The van der Waals surface area contributed by atoms with E-state index < -0.39 is 48.2 Å². The fraction of sp³-hybridized carbons (Fsp3) is 0.708. The monoisotopic (exact) mass is 451 g/mol. The Kier molecular flexibility index (Phi) is 6.89. The molecule has 2 saturated heterocycles. The second kappa shape index (κ2) is 9.35. The van der Waals surface area contributed by atoms with E-state index in [1.807, 2.05) is 0 Å². The zero-order valence-electron chi connectivity index (χ0n) is 18.8. The number of halogens is 1. The molecule has 32 heavy (non-hydrogen) atoms. The Morgan fingerprint density at radius 1 is 1.06 bits per heavy atom. The first-order valence-corrected chi connectivity index (χ1v) is 11.6. The smallest absolute Gasteiger partial charge is 0.251 e. The van der Waals surface area contributed by atoms with Gasteiger partial charge in [-0.3, -0.25) is 4.79 Å². The summed E-state index contributed by atoms with van der Waals surface area (Å²) in [5, 5.41) is 22.5. The SMILES string of the molecule is C1CCC2(CC1)CC2.CC1(C)OC[C@H]([C@H]2O[C@H](O)[C@H](O)[C@@H]2NC(=O)c2ccc(F)cc2)O1. The van der Waals surface area contributed by atoms with Gasteiger partial charge in [0, 0.05) is 5.56 Å². The summed E-state index contributed by atoms with van der Waals surface area (Å²) in [5.74, 6) is -1.78. The van der Waals surface area contributed by atoms with Crippen LogP contribution in [-0.2, 0) is 14.2 Å². The highest BCUT2D eigenvalue weighted by molar-refractivity contribution is 5.94. The second-order valence-electron chi connectivity index (χ2n) is 9.92. The number of benzene rings is 1. The molecule has 5 rings (SSSR count). The summed E-state index contributed by atoms with van der Waals surface area (Å²) < 4.78 is 29.5. The van der Waals surface area contributed by atoms with Crippen LogP contribution in [0.25, 0.3) is 0 Å². The lowest BCUT2D eigenvalue weighted by Gasteiger charge is -2.26. The van der Waals surface area contributed by atoms with E-state index in [4.69, 9.17) is 14.2 Å². The highest BCUT2D eigenvalue weighted by atomic mass is 19.1. The van der Waals surface area contributed by atoms with Gasteiger partial charge in [0.1, 0.15) is 24.1 Å². The number of rotatable bonds is 3. The van der Waals surface area contributed by atoms with Gasteiger partial charge in [-0.25, -0.2) is 4.39 Å². The highest BCUT2D eigenvalue weighted by Gasteiger charge is 2.51. The lowest BCUT2D eigenvalue weighted by Crippen LogP contribution is -2.51. The van der Waals surface area contributed by atoms with E-state index in [0.29, 0.717) is 0 Å². The van der Waals surface area contributed by atoms with E-state index in [1.54, 1.807) is 39.5 Å². The van der Waals surface area contributed by atoms with Gasteiger partial charge in [0.2, 0.25) is 0 Å². The minimum Gasteiger partial charge on any atom is -0.386 e. The summed E-state index contributed by atoms with van der Waals surface area (Å²) in [5.41, 5.74) is 1.16. The first-order valence-electron chi connectivity index (χ1n) is 11.6. The van der Waals surface area contributed by atoms with Gasteiger partial charge in [0.15, 0.2) is 12.1 Å². The molecule has 1 spiro atoms. The van der Waals surface area contributed by atoms with Crippen molar-refractivity contribution >= 4 is 5.91 Å². The van der Waals surface area contributed by atoms with E-state index in [1.165, 1.54) is 43.5 Å². The third-order valence-corrected chi connectivity index (χ3v) is 6.98. The molecule has 1 aromatic rings. The normalized spacial score (nSPS) is 34.6. The van der Waals surface area contributed by atoms with Crippen molar-refractivity contribution in [3.8, 4) is 0 Å². The Hall–Kier alpha value is -1.58. The molecule has 0 unspecified atom stereocenters. The first kappa shape index (κ1) is 23.6. The predicted molar refractivity (Wildman–Crippen MR) is 114 cm³/mol. The maximum absolute atomic E-state index is 13.0. The summed E-state index contributed by atoms with van der Waals surface area (Å²) in [6, 6.07) is 4.10. The van der Waals surface area contributed by atoms with Gasteiger partial charge in [-0.15, -0.1) is 0 Å². The number of hydrogen-bond acceptors (Lipinski definition) is 6. The third-order valence-electron chi connectivity index (χ3n) is 6.98. The average molecular weight is 452 g/mol. The molecule has 4 aliphatic rings. The number of aliphatic hydroxyl groups is 2. The van der Waals surface area contributed by atoms with Crippen molar-refractivity contribution in [1.29, 1.82) is 0 Å². The molecule has 8 heteroatoms. The Balaban J connectivity index is 0.000000254. The fourth-order valence-electron chi connectivity index (χ4n) is 4.88. The molecular formula is C24H34FNO6. The predicted octanol–water partition coefficient (Wildman–Crippen LogP) is 2.88. The third kappa shape index (κ3) is 5.48. The number of hydrogen-bond donors (Lipinski definition) is 3. The number of amides is 1. The van der Waals surface area contributed by atoms with Crippen LogP contribution >= 0.6 is 0 Å². The van der Waals surface area contributed by atoms with Crippen molar-refractivity contribution in [2.45, 2.75) is 95.2 Å². The lowest BCUT2D eigenvalue weighted by atomic mass is 9.87. The van der Waals surface area contributed by atoms with Crippen molar-refractivity contribution in [2.24, 2.45) is 5.41 Å². The quantitative estimate of drug-likeness (QED) is 0.654. The van der Waals surface area contributed by atoms with Crippen LogP contribution in [0.15, 0.2) is 24.3 Å². The molecule has 3 N–H and O–H groups in total. The van der Waals surface area contributed by atoms with Crippen LogP contribution in [0.3, 0.4) is 0 Å². The largest absolute Gasteiger partial charge is 0.386 e. The summed E-state index contributed by atoms with van der Waals surface area (Å²) in [4.78, 5) is 12.3. The molecule has 4 fully saturated rings. The molecule has 1 aromatic carbocycles. The van der Waals surface area contributed by atoms with Crippen molar-refractivity contribution in [3.63, 3.8) is 0 Å². The maximum Gasteiger partial charge on any atom is 0.251 e. The summed E-state index contributed by atoms with van der Waals surface area (Å²) in [6.45, 7) is 3.68. The van der Waals surface area contributed by atoms with Crippen molar-refractivity contribution < 1.29 is 33.6 Å². The highest BCUT2D eigenvalue weighted by Crippen LogP contribution is 2.55. The molecule has 0 radical (unpaired) electrons. The molecule has 2 aliphatic heterocycles. The standard InChI is InChI=1S/C16H20FNO6.C8H14/c1-16(2)22-7-10(24-16)13-11(12(19)15(21)23-13)18-14(20)8-3-5-9(17)6-4-8;1-2-4-8(5-3-1)6-7-8/h3-6,10-13,15,19,21H,7H2,1-2H3,(H,18,20);1-7H2/t10-,11+,12-,13-,15+;/m1./s1. The molecule has 178 valence electrons. The molecule has 2 aliphatic carbocycles. The lowest BCUT2D eigenvalue weighted by molar-refractivity contribution is -0.175. The van der Waals surface area contributed by atoms with Gasteiger partial charge in [-0.2, -0.15) is 0 Å². The molecule has 0 bridgehead atoms. The van der Waals surface area contributed by atoms with Crippen LogP contribution in [0.2, 0.25) is 0 Å². The van der Waals surface area contributed by atoms with E-state index in [9.17, 15) is 19.4 Å². The van der Waals surface area contributed by atoms with E-state index in [-0.39, 0.29) is 12.2 Å². The minimum absolute atomic E-state index is 0.208. The Labute approximate surface area is 188 Å². The average Bonchev–Trinajstić information content (AvgIpc) is 3.32. The summed E-state index contributed by atoms with van der Waals surface area (Å²) in [7, 11) is 0. The zero-order valence-corrected chi connectivity index (χ0v) is 18.8. The number of carbonyl (C=O) groups is 1.